The molecule has 0 aliphatic rings. The van der Waals surface area contributed by atoms with Crippen LogP contribution in [-0.4, -0.2) is 21.4 Å². The van der Waals surface area contributed by atoms with Crippen LogP contribution in [0.3, 0.4) is 0 Å². The fraction of sp³-hybridized carbons (Fsp3) is 0.588. The van der Waals surface area contributed by atoms with Crippen molar-refractivity contribution in [3.8, 4) is 5.75 Å². The van der Waals surface area contributed by atoms with Crippen LogP contribution in [0, 0.1) is 12.3 Å². The number of halogens is 1. The van der Waals surface area contributed by atoms with Crippen LogP contribution in [-0.2, 0) is 10.1 Å². The SMILES string of the molecule is COC(=O)c1ccc(C)c(O[Si](C)(C)CC(C)(C)C)c1CBr. The van der Waals surface area contributed by atoms with Gasteiger partial charge in [0.25, 0.3) is 0 Å². The summed E-state index contributed by atoms with van der Waals surface area (Å²) in [7, 11) is -0.498. The summed E-state index contributed by atoms with van der Waals surface area (Å²) in [5.41, 5.74) is 2.72. The van der Waals surface area contributed by atoms with Gasteiger partial charge in [0.1, 0.15) is 5.75 Å². The Hall–Kier alpha value is -0.813. The van der Waals surface area contributed by atoms with E-state index in [1.54, 1.807) is 0 Å². The van der Waals surface area contributed by atoms with Crippen LogP contribution in [0.5, 0.6) is 5.75 Å². The molecule has 0 fully saturated rings. The number of alkyl halides is 1. The van der Waals surface area contributed by atoms with Crippen molar-refractivity contribution in [1.29, 1.82) is 0 Å². The van der Waals surface area contributed by atoms with E-state index in [0.29, 0.717) is 10.9 Å². The van der Waals surface area contributed by atoms with E-state index in [1.807, 2.05) is 19.1 Å². The van der Waals surface area contributed by atoms with Crippen LogP contribution in [0.2, 0.25) is 19.1 Å². The fourth-order valence-corrected chi connectivity index (χ4v) is 6.93. The van der Waals surface area contributed by atoms with Gasteiger partial charge >= 0.3 is 5.97 Å². The molecular weight excluding hydrogens is 360 g/mol. The molecule has 0 N–H and O–H groups in total. The van der Waals surface area contributed by atoms with Gasteiger partial charge in [-0.1, -0.05) is 42.8 Å². The molecule has 0 saturated carbocycles. The normalized spacial score (nSPS) is 12.2. The molecule has 0 unspecified atom stereocenters. The van der Waals surface area contributed by atoms with Gasteiger partial charge < -0.3 is 9.16 Å². The summed E-state index contributed by atoms with van der Waals surface area (Å²) in [4.78, 5) is 12.0. The molecule has 0 atom stereocenters. The molecule has 0 aliphatic heterocycles. The maximum Gasteiger partial charge on any atom is 0.338 e. The molecule has 0 saturated heterocycles. The lowest BCUT2D eigenvalue weighted by molar-refractivity contribution is 0.0599. The maximum atomic E-state index is 12.0. The van der Waals surface area contributed by atoms with Gasteiger partial charge in [-0.25, -0.2) is 4.79 Å². The minimum Gasteiger partial charge on any atom is -0.544 e. The van der Waals surface area contributed by atoms with E-state index in [2.05, 4.69) is 49.8 Å². The van der Waals surface area contributed by atoms with Crippen LogP contribution in [0.1, 0.15) is 42.3 Å². The Kier molecular flexibility index (Phi) is 6.27. The van der Waals surface area contributed by atoms with Crippen LogP contribution >= 0.6 is 15.9 Å². The summed E-state index contributed by atoms with van der Waals surface area (Å²) < 4.78 is 11.3. The molecule has 0 bridgehead atoms. The Morgan fingerprint density at radius 2 is 1.86 bits per heavy atom. The topological polar surface area (TPSA) is 35.5 Å². The summed E-state index contributed by atoms with van der Waals surface area (Å²) in [6, 6.07) is 4.78. The highest BCUT2D eigenvalue weighted by molar-refractivity contribution is 9.08. The van der Waals surface area contributed by atoms with Crippen molar-refractivity contribution >= 4 is 30.2 Å². The monoisotopic (exact) mass is 386 g/mol. The smallest absolute Gasteiger partial charge is 0.338 e. The first-order valence-corrected chi connectivity index (χ1v) is 11.7. The van der Waals surface area contributed by atoms with Gasteiger partial charge in [0, 0.05) is 10.9 Å². The van der Waals surface area contributed by atoms with E-state index in [-0.39, 0.29) is 11.4 Å². The second-order valence-corrected chi connectivity index (χ2v) is 12.1. The van der Waals surface area contributed by atoms with E-state index in [4.69, 9.17) is 9.16 Å². The number of hydrogen-bond donors (Lipinski definition) is 0. The van der Waals surface area contributed by atoms with Gasteiger partial charge in [0.15, 0.2) is 0 Å². The summed E-state index contributed by atoms with van der Waals surface area (Å²) >= 11 is 3.49. The molecule has 0 spiro atoms. The van der Waals surface area contributed by atoms with Crippen LogP contribution < -0.4 is 4.43 Å². The van der Waals surface area contributed by atoms with Crippen LogP contribution in [0.4, 0.5) is 0 Å². The molecule has 0 radical (unpaired) electrons. The number of aryl methyl sites for hydroxylation is 1. The molecule has 3 nitrogen and oxygen atoms in total. The van der Waals surface area contributed by atoms with Gasteiger partial charge in [-0.2, -0.15) is 0 Å². The van der Waals surface area contributed by atoms with Gasteiger partial charge in [0.2, 0.25) is 8.32 Å². The predicted octanol–water partition coefficient (Wildman–Crippen LogP) is 5.31. The number of rotatable bonds is 5. The summed E-state index contributed by atoms with van der Waals surface area (Å²) in [5.74, 6) is 0.510. The average Bonchev–Trinajstić information content (AvgIpc) is 2.36. The van der Waals surface area contributed by atoms with Gasteiger partial charge in [-0.3, -0.25) is 0 Å². The van der Waals surface area contributed by atoms with Crippen molar-refractivity contribution in [2.75, 3.05) is 7.11 Å². The number of benzene rings is 1. The lowest BCUT2D eigenvalue weighted by Gasteiger charge is -2.32. The first-order valence-electron chi connectivity index (χ1n) is 7.46. The van der Waals surface area contributed by atoms with Crippen molar-refractivity contribution in [3.05, 3.63) is 28.8 Å². The van der Waals surface area contributed by atoms with E-state index in [0.717, 1.165) is 22.9 Å². The summed E-state index contributed by atoms with van der Waals surface area (Å²) in [5, 5.41) is 0.564. The molecule has 1 rings (SSSR count). The third-order valence-corrected chi connectivity index (χ3v) is 6.56. The van der Waals surface area contributed by atoms with Crippen molar-refractivity contribution in [1.82, 2.24) is 0 Å². The molecule has 1 aromatic rings. The number of esters is 1. The zero-order valence-electron chi connectivity index (χ0n) is 14.7. The number of hydrogen-bond acceptors (Lipinski definition) is 3. The third-order valence-electron chi connectivity index (χ3n) is 3.33. The van der Waals surface area contributed by atoms with Gasteiger partial charge in [-0.05, 0) is 43.1 Å². The average molecular weight is 387 g/mol. The Morgan fingerprint density at radius 1 is 1.27 bits per heavy atom. The number of carbonyl (C=O) groups is 1. The predicted molar refractivity (Wildman–Crippen MR) is 97.5 cm³/mol. The second kappa shape index (κ2) is 7.17. The van der Waals surface area contributed by atoms with E-state index >= 15 is 0 Å². The van der Waals surface area contributed by atoms with Gasteiger partial charge in [-0.15, -0.1) is 0 Å². The Labute approximate surface area is 143 Å². The molecule has 5 heteroatoms. The quantitative estimate of drug-likeness (QED) is 0.390. The minimum atomic E-state index is -1.90. The molecule has 22 heavy (non-hydrogen) atoms. The highest BCUT2D eigenvalue weighted by atomic mass is 79.9. The molecule has 1 aromatic carbocycles. The minimum absolute atomic E-state index is 0.220. The summed E-state index contributed by atoms with van der Waals surface area (Å²) in [6.45, 7) is 13.2. The lowest BCUT2D eigenvalue weighted by atomic mass is 10.0. The molecular formula is C17H27BrO3Si. The number of carbonyl (C=O) groups excluding carboxylic acids is 1. The largest absolute Gasteiger partial charge is 0.544 e. The Balaban J connectivity index is 3.26. The third kappa shape index (κ3) is 5.13. The molecule has 124 valence electrons. The van der Waals surface area contributed by atoms with Crippen molar-refractivity contribution in [2.45, 2.75) is 52.2 Å². The van der Waals surface area contributed by atoms with Crippen LogP contribution in [0.25, 0.3) is 0 Å². The van der Waals surface area contributed by atoms with Crippen molar-refractivity contribution < 1.29 is 14.0 Å². The molecule has 0 amide bonds. The molecule has 0 aromatic heterocycles. The first-order chi connectivity index (χ1) is 10.0. The molecule has 0 heterocycles. The Morgan fingerprint density at radius 3 is 2.32 bits per heavy atom. The first kappa shape index (κ1) is 19.2. The van der Waals surface area contributed by atoms with Crippen molar-refractivity contribution in [2.24, 2.45) is 5.41 Å². The van der Waals surface area contributed by atoms with Crippen LogP contribution in [0.15, 0.2) is 12.1 Å². The highest BCUT2D eigenvalue weighted by Crippen LogP contribution is 2.35. The standard InChI is InChI=1S/C17H27BrO3Si/c1-12-8-9-13(16(19)20-5)14(10-18)15(12)21-22(6,7)11-17(2,3)4/h8-9H,10-11H2,1-7H3. The lowest BCUT2D eigenvalue weighted by Crippen LogP contribution is -2.38. The number of ether oxygens (including phenoxy) is 1. The van der Waals surface area contributed by atoms with Gasteiger partial charge in [0.05, 0.1) is 12.7 Å². The second-order valence-electron chi connectivity index (χ2n) is 7.46. The molecule has 0 aliphatic carbocycles. The van der Waals surface area contributed by atoms with E-state index in [1.165, 1.54) is 7.11 Å². The van der Waals surface area contributed by atoms with E-state index < -0.39 is 8.32 Å². The maximum absolute atomic E-state index is 12.0. The summed E-state index contributed by atoms with van der Waals surface area (Å²) in [6.07, 6.45) is 0. The zero-order chi connectivity index (χ0) is 17.1. The van der Waals surface area contributed by atoms with E-state index in [9.17, 15) is 4.79 Å². The Bertz CT molecular complexity index is 548. The zero-order valence-corrected chi connectivity index (χ0v) is 17.3. The number of methoxy groups -OCH3 is 1. The fourth-order valence-electron chi connectivity index (χ4n) is 2.91. The van der Waals surface area contributed by atoms with Crippen molar-refractivity contribution in [3.63, 3.8) is 0 Å². The highest BCUT2D eigenvalue weighted by Gasteiger charge is 2.32.